The van der Waals surface area contributed by atoms with Crippen molar-refractivity contribution in [3.05, 3.63) is 54.4 Å². The Balaban J connectivity index is 1.99. The van der Waals surface area contributed by atoms with Gasteiger partial charge in [-0.05, 0) is 26.0 Å². The monoisotopic (exact) mass is 437 g/mol. The lowest BCUT2D eigenvalue weighted by atomic mass is 9.96. The van der Waals surface area contributed by atoms with E-state index in [-0.39, 0.29) is 11.4 Å². The van der Waals surface area contributed by atoms with Crippen LogP contribution in [0.3, 0.4) is 0 Å². The van der Waals surface area contributed by atoms with Crippen LogP contribution in [-0.2, 0) is 15.4 Å². The maximum Gasteiger partial charge on any atom is 0.244 e. The first-order chi connectivity index (χ1) is 14.5. The number of fused-ring (bicyclic) bond motifs is 1. The van der Waals surface area contributed by atoms with Crippen molar-refractivity contribution in [2.45, 2.75) is 45.3 Å². The fourth-order valence-electron chi connectivity index (χ4n) is 3.45. The minimum atomic E-state index is -3.67. The van der Waals surface area contributed by atoms with Crippen molar-refractivity contribution >= 4 is 27.0 Å². The molecule has 0 atom stereocenters. The lowest BCUT2D eigenvalue weighted by molar-refractivity contribution is 0.553. The van der Waals surface area contributed by atoms with E-state index in [1.54, 1.807) is 26.0 Å². The van der Waals surface area contributed by atoms with Gasteiger partial charge in [0.25, 0.3) is 0 Å². The van der Waals surface area contributed by atoms with Gasteiger partial charge in [-0.3, -0.25) is 0 Å². The Kier molecular flexibility index (Phi) is 4.93. The van der Waals surface area contributed by atoms with Crippen LogP contribution in [0.1, 0.15) is 40.4 Å². The van der Waals surface area contributed by atoms with Crippen molar-refractivity contribution in [3.8, 4) is 22.5 Å². The number of imidazole rings is 2. The smallest absolute Gasteiger partial charge is 0.244 e. The lowest BCUT2D eigenvalue weighted by Gasteiger charge is -2.14. The molecule has 2 heterocycles. The van der Waals surface area contributed by atoms with Gasteiger partial charge in [-0.2, -0.15) is 0 Å². The summed E-state index contributed by atoms with van der Waals surface area (Å²) in [6.45, 7) is 9.54. The molecule has 2 aromatic heterocycles. The Hall–Kier alpha value is -3.13. The molecule has 4 rings (SSSR count). The van der Waals surface area contributed by atoms with Gasteiger partial charge in [-0.15, -0.1) is 0 Å². The van der Waals surface area contributed by atoms with E-state index >= 15 is 0 Å². The number of hydrogen-bond donors (Lipinski definition) is 2. The van der Waals surface area contributed by atoms with Gasteiger partial charge in [0.1, 0.15) is 5.82 Å². The van der Waals surface area contributed by atoms with E-state index in [2.05, 4.69) is 30.7 Å². The highest BCUT2D eigenvalue weighted by Crippen LogP contribution is 2.35. The van der Waals surface area contributed by atoms with E-state index in [1.807, 2.05) is 36.4 Å². The van der Waals surface area contributed by atoms with E-state index < -0.39 is 15.3 Å². The summed E-state index contributed by atoms with van der Waals surface area (Å²) in [5, 5.41) is -0.631. The maximum absolute atomic E-state index is 12.9. The van der Waals surface area contributed by atoms with Crippen LogP contribution in [0.2, 0.25) is 0 Å². The summed E-state index contributed by atoms with van der Waals surface area (Å²) < 4.78 is 27.0. The highest BCUT2D eigenvalue weighted by Gasteiger charge is 2.26. The molecule has 4 aromatic rings. The lowest BCUT2D eigenvalue weighted by Crippen LogP contribution is -2.23. The third-order valence-electron chi connectivity index (χ3n) is 5.24. The summed E-state index contributed by atoms with van der Waals surface area (Å²) in [7, 11) is -3.67. The van der Waals surface area contributed by atoms with E-state index in [4.69, 9.17) is 10.7 Å². The standard InChI is InChI=1S/C23H27N5O2S/c1-14(2)31(29,30)28-18-13-16(11-12-17(18)25-22(28)24)20-19(15-9-7-6-8-10-15)26-21(27-20)23(3,4)5/h6-14H,1-5H3,(H2,24,25)(H,26,27). The summed E-state index contributed by atoms with van der Waals surface area (Å²) in [6.07, 6.45) is 0. The Morgan fingerprint density at radius 3 is 2.29 bits per heavy atom. The van der Waals surface area contributed by atoms with E-state index in [9.17, 15) is 8.42 Å². The summed E-state index contributed by atoms with van der Waals surface area (Å²) in [5.41, 5.74) is 10.2. The Labute approximate surface area is 182 Å². The molecular weight excluding hydrogens is 410 g/mol. The summed E-state index contributed by atoms with van der Waals surface area (Å²) in [5.74, 6) is 0.811. The number of aromatic nitrogens is 4. The summed E-state index contributed by atoms with van der Waals surface area (Å²) >= 11 is 0. The molecule has 0 radical (unpaired) electrons. The van der Waals surface area contributed by atoms with Crippen LogP contribution < -0.4 is 5.73 Å². The average Bonchev–Trinajstić information content (AvgIpc) is 3.29. The number of H-pyrrole nitrogens is 1. The van der Waals surface area contributed by atoms with Gasteiger partial charge in [0.15, 0.2) is 0 Å². The van der Waals surface area contributed by atoms with Gasteiger partial charge >= 0.3 is 0 Å². The molecule has 0 bridgehead atoms. The van der Waals surface area contributed by atoms with Gasteiger partial charge in [0.2, 0.25) is 16.0 Å². The number of aromatic amines is 1. The molecule has 7 nitrogen and oxygen atoms in total. The molecule has 0 aliphatic heterocycles. The van der Waals surface area contributed by atoms with Crippen molar-refractivity contribution in [1.82, 2.24) is 18.9 Å². The molecule has 0 fully saturated rings. The molecule has 162 valence electrons. The van der Waals surface area contributed by atoms with Crippen molar-refractivity contribution in [2.75, 3.05) is 5.73 Å². The number of anilines is 1. The predicted octanol–water partition coefficient (Wildman–Crippen LogP) is 4.56. The van der Waals surface area contributed by atoms with Crippen LogP contribution in [0.25, 0.3) is 33.5 Å². The third-order valence-corrected chi connectivity index (χ3v) is 7.32. The van der Waals surface area contributed by atoms with Crippen molar-refractivity contribution < 1.29 is 8.42 Å². The number of benzene rings is 2. The third kappa shape index (κ3) is 3.61. The number of rotatable bonds is 4. The number of hydrogen-bond acceptors (Lipinski definition) is 5. The maximum atomic E-state index is 12.9. The first-order valence-corrected chi connectivity index (χ1v) is 11.7. The zero-order valence-corrected chi connectivity index (χ0v) is 19.2. The predicted molar refractivity (Wildman–Crippen MR) is 125 cm³/mol. The molecule has 0 amide bonds. The molecule has 0 spiro atoms. The fourth-order valence-corrected chi connectivity index (χ4v) is 4.59. The van der Waals surface area contributed by atoms with E-state index in [1.165, 1.54) is 0 Å². The molecule has 31 heavy (non-hydrogen) atoms. The molecule has 2 aromatic carbocycles. The minimum absolute atomic E-state index is 0.0402. The van der Waals surface area contributed by atoms with Crippen LogP contribution >= 0.6 is 0 Å². The topological polar surface area (TPSA) is 107 Å². The molecule has 8 heteroatoms. The first kappa shape index (κ1) is 21.1. The van der Waals surface area contributed by atoms with Gasteiger partial charge in [-0.25, -0.2) is 22.4 Å². The molecule has 0 aliphatic rings. The number of nitrogens with two attached hydrogens (primary N) is 1. The largest absolute Gasteiger partial charge is 0.368 e. The fraction of sp³-hybridized carbons (Fsp3) is 0.304. The number of nitrogens with one attached hydrogen (secondary N) is 1. The van der Waals surface area contributed by atoms with Crippen LogP contribution in [0.4, 0.5) is 5.95 Å². The second-order valence-corrected chi connectivity index (χ2v) is 11.3. The highest BCUT2D eigenvalue weighted by molar-refractivity contribution is 7.90. The number of nitrogens with zero attached hydrogens (tertiary/aromatic N) is 3. The van der Waals surface area contributed by atoms with Crippen molar-refractivity contribution in [2.24, 2.45) is 0 Å². The molecule has 0 unspecified atom stereocenters. The molecule has 3 N–H and O–H groups in total. The van der Waals surface area contributed by atoms with Crippen LogP contribution in [-0.4, -0.2) is 32.6 Å². The van der Waals surface area contributed by atoms with Crippen molar-refractivity contribution in [3.63, 3.8) is 0 Å². The average molecular weight is 438 g/mol. The quantitative estimate of drug-likeness (QED) is 0.487. The highest BCUT2D eigenvalue weighted by atomic mass is 32.2. The number of nitrogen functional groups attached to an aromatic ring is 1. The van der Waals surface area contributed by atoms with Gasteiger partial charge in [-0.1, -0.05) is 57.2 Å². The molecular formula is C23H27N5O2S. The van der Waals surface area contributed by atoms with Gasteiger partial charge < -0.3 is 10.7 Å². The van der Waals surface area contributed by atoms with Crippen LogP contribution in [0.15, 0.2) is 48.5 Å². The van der Waals surface area contributed by atoms with Crippen LogP contribution in [0.5, 0.6) is 0 Å². The van der Waals surface area contributed by atoms with Crippen molar-refractivity contribution in [1.29, 1.82) is 0 Å². The van der Waals surface area contributed by atoms with E-state index in [0.29, 0.717) is 11.0 Å². The molecule has 0 saturated heterocycles. The minimum Gasteiger partial charge on any atom is -0.368 e. The molecule has 0 aliphatic carbocycles. The van der Waals surface area contributed by atoms with E-state index in [0.717, 1.165) is 32.3 Å². The second kappa shape index (κ2) is 7.23. The first-order valence-electron chi connectivity index (χ1n) is 10.2. The SMILES string of the molecule is CC(C)S(=O)(=O)n1c(N)nc2ccc(-c3nc(C(C)(C)C)[nH]c3-c3ccccc3)cc21. The summed E-state index contributed by atoms with van der Waals surface area (Å²) in [4.78, 5) is 12.6. The second-order valence-electron chi connectivity index (χ2n) is 8.96. The Morgan fingerprint density at radius 1 is 1.00 bits per heavy atom. The Bertz CT molecular complexity index is 1360. The summed E-state index contributed by atoms with van der Waals surface area (Å²) in [6, 6.07) is 15.4. The van der Waals surface area contributed by atoms with Gasteiger partial charge in [0, 0.05) is 16.5 Å². The normalized spacial score (nSPS) is 12.7. The zero-order valence-electron chi connectivity index (χ0n) is 18.3. The van der Waals surface area contributed by atoms with Crippen LogP contribution in [0, 0.1) is 0 Å². The molecule has 0 saturated carbocycles. The van der Waals surface area contributed by atoms with Gasteiger partial charge in [0.05, 0.1) is 27.7 Å². The Morgan fingerprint density at radius 2 is 1.68 bits per heavy atom. The zero-order chi connectivity index (χ0) is 22.6.